The normalized spacial score (nSPS) is 16.4. The summed E-state index contributed by atoms with van der Waals surface area (Å²) >= 11 is 0. The van der Waals surface area contributed by atoms with E-state index in [1.165, 1.54) is 31.0 Å². The molecule has 1 aliphatic heterocycles. The monoisotopic (exact) mass is 533 g/mol. The van der Waals surface area contributed by atoms with E-state index >= 15 is 0 Å². The summed E-state index contributed by atoms with van der Waals surface area (Å²) in [5.41, 5.74) is 4.29. The first-order valence-electron chi connectivity index (χ1n) is 14.6. The minimum Gasteiger partial charge on any atom is -0.466 e. The highest BCUT2D eigenvalue weighted by Crippen LogP contribution is 2.31. The summed E-state index contributed by atoms with van der Waals surface area (Å²) in [6, 6.07) is 16.7. The largest absolute Gasteiger partial charge is 0.466 e. The number of carbonyl (C=O) groups excluding carboxylic acids is 2. The predicted molar refractivity (Wildman–Crippen MR) is 163 cm³/mol. The van der Waals surface area contributed by atoms with Crippen LogP contribution in [0.4, 0.5) is 17.1 Å². The number of hydrogen-bond donors (Lipinski definition) is 0. The molecule has 6 nitrogen and oxygen atoms in total. The van der Waals surface area contributed by atoms with E-state index in [1.807, 2.05) is 43.0 Å². The third-order valence-electron chi connectivity index (χ3n) is 7.80. The number of methoxy groups -OCH3 is 1. The maximum atomic E-state index is 13.8. The number of anilines is 3. The quantitative estimate of drug-likeness (QED) is 0.276. The Kier molecular flexibility index (Phi) is 11.9. The number of benzene rings is 2. The van der Waals surface area contributed by atoms with Crippen LogP contribution >= 0.6 is 0 Å². The molecule has 0 atom stereocenters. The summed E-state index contributed by atoms with van der Waals surface area (Å²) in [5.74, 6) is 0.441. The smallest absolute Gasteiger partial charge is 0.330 e. The molecular weight excluding hydrogens is 486 g/mol. The van der Waals surface area contributed by atoms with Gasteiger partial charge in [-0.1, -0.05) is 45.2 Å². The molecule has 6 heteroatoms. The number of carbonyl (C=O) groups is 2. The van der Waals surface area contributed by atoms with Gasteiger partial charge in [-0.2, -0.15) is 0 Å². The lowest BCUT2D eigenvalue weighted by molar-refractivity contribution is -0.134. The molecule has 39 heavy (non-hydrogen) atoms. The average Bonchev–Trinajstić information content (AvgIpc) is 3.00. The van der Waals surface area contributed by atoms with Gasteiger partial charge in [-0.15, -0.1) is 0 Å². The van der Waals surface area contributed by atoms with Crippen molar-refractivity contribution >= 4 is 35.0 Å². The summed E-state index contributed by atoms with van der Waals surface area (Å²) in [7, 11) is 5.50. The number of rotatable bonds is 8. The highest BCUT2D eigenvalue weighted by atomic mass is 16.5. The van der Waals surface area contributed by atoms with Crippen molar-refractivity contribution in [2.24, 2.45) is 11.8 Å². The molecule has 2 aromatic carbocycles. The van der Waals surface area contributed by atoms with Gasteiger partial charge in [-0.05, 0) is 79.6 Å². The van der Waals surface area contributed by atoms with Gasteiger partial charge < -0.3 is 19.4 Å². The van der Waals surface area contributed by atoms with Crippen molar-refractivity contribution in [2.45, 2.75) is 58.8 Å². The Balaban J connectivity index is 0.00000205. The van der Waals surface area contributed by atoms with Crippen LogP contribution in [0, 0.1) is 11.8 Å². The standard InChI is InChI=1S/C31H41N3O3.C2H6/c1-32(2)27-13-15-28(16-14-27)33-20-18-25(19-21-33)23-34(31(36)26-9-5-4-6-10-26)29-11-7-8-24(22-29)12-17-30(35)37-3;1-2/h7-8,11-17,22,25-26H,4-6,9-10,18-21,23H2,1-3H3;1-2H3/b17-12+;. The molecule has 212 valence electrons. The van der Waals surface area contributed by atoms with E-state index in [4.69, 9.17) is 4.74 Å². The molecule has 0 bridgehead atoms. The SMILES string of the molecule is CC.COC(=O)/C=C/c1cccc(N(CC2CCN(c3ccc(N(C)C)cc3)CC2)C(=O)C2CCCCC2)c1. The number of amides is 1. The van der Waals surface area contributed by atoms with Gasteiger partial charge in [0, 0.05) is 62.8 Å². The maximum Gasteiger partial charge on any atom is 0.330 e. The molecule has 2 fully saturated rings. The molecule has 1 saturated heterocycles. The van der Waals surface area contributed by atoms with Gasteiger partial charge >= 0.3 is 5.97 Å². The van der Waals surface area contributed by atoms with Gasteiger partial charge in [0.05, 0.1) is 7.11 Å². The number of nitrogens with zero attached hydrogens (tertiary/aromatic N) is 3. The van der Waals surface area contributed by atoms with Gasteiger partial charge in [0.25, 0.3) is 0 Å². The zero-order chi connectivity index (χ0) is 28.2. The van der Waals surface area contributed by atoms with Crippen LogP contribution in [-0.2, 0) is 14.3 Å². The average molecular weight is 534 g/mol. The summed E-state index contributed by atoms with van der Waals surface area (Å²) < 4.78 is 4.73. The fourth-order valence-corrected chi connectivity index (χ4v) is 5.51. The van der Waals surface area contributed by atoms with E-state index < -0.39 is 0 Å². The minimum absolute atomic E-state index is 0.110. The van der Waals surface area contributed by atoms with E-state index in [-0.39, 0.29) is 17.8 Å². The summed E-state index contributed by atoms with van der Waals surface area (Å²) in [5, 5.41) is 0. The number of ether oxygens (including phenoxy) is 1. The maximum absolute atomic E-state index is 13.8. The second kappa shape index (κ2) is 15.3. The molecule has 2 aliphatic rings. The van der Waals surface area contributed by atoms with Gasteiger partial charge in [-0.3, -0.25) is 4.79 Å². The van der Waals surface area contributed by atoms with Crippen LogP contribution in [0.3, 0.4) is 0 Å². The van der Waals surface area contributed by atoms with Gasteiger partial charge in [0.15, 0.2) is 0 Å². The molecule has 1 saturated carbocycles. The zero-order valence-electron chi connectivity index (χ0n) is 24.6. The first kappa shape index (κ1) is 30.3. The Bertz CT molecular complexity index is 1070. The second-order valence-electron chi connectivity index (χ2n) is 10.6. The van der Waals surface area contributed by atoms with Gasteiger partial charge in [0.1, 0.15) is 0 Å². The van der Waals surface area contributed by atoms with Crippen molar-refractivity contribution in [3.63, 3.8) is 0 Å². The molecule has 0 N–H and O–H groups in total. The van der Waals surface area contributed by atoms with Gasteiger partial charge in [-0.25, -0.2) is 4.79 Å². The minimum atomic E-state index is -0.386. The van der Waals surface area contributed by atoms with Crippen LogP contribution in [0.15, 0.2) is 54.6 Å². The predicted octanol–water partition coefficient (Wildman–Crippen LogP) is 6.79. The molecule has 4 rings (SSSR count). The van der Waals surface area contributed by atoms with Crippen LogP contribution in [0.5, 0.6) is 0 Å². The highest BCUT2D eigenvalue weighted by molar-refractivity contribution is 5.95. The summed E-state index contributed by atoms with van der Waals surface area (Å²) in [4.78, 5) is 32.0. The lowest BCUT2D eigenvalue weighted by atomic mass is 9.87. The molecule has 2 aromatic rings. The molecule has 1 amide bonds. The number of piperidine rings is 1. The van der Waals surface area contributed by atoms with Crippen molar-refractivity contribution in [3.8, 4) is 0 Å². The van der Waals surface area contributed by atoms with Crippen LogP contribution in [0.25, 0.3) is 6.08 Å². The second-order valence-corrected chi connectivity index (χ2v) is 10.6. The molecule has 0 radical (unpaired) electrons. The van der Waals surface area contributed by atoms with Crippen LogP contribution < -0.4 is 14.7 Å². The molecule has 1 heterocycles. The van der Waals surface area contributed by atoms with Crippen molar-refractivity contribution in [1.82, 2.24) is 0 Å². The zero-order valence-corrected chi connectivity index (χ0v) is 24.6. The van der Waals surface area contributed by atoms with Crippen molar-refractivity contribution in [2.75, 3.05) is 55.5 Å². The molecule has 0 aromatic heterocycles. The fraction of sp³-hybridized carbons (Fsp3) is 0.515. The third kappa shape index (κ3) is 8.61. The molecular formula is C33H47N3O3. The Morgan fingerprint density at radius 2 is 1.59 bits per heavy atom. The van der Waals surface area contributed by atoms with E-state index in [0.717, 1.165) is 69.4 Å². The van der Waals surface area contributed by atoms with Crippen molar-refractivity contribution in [3.05, 3.63) is 60.2 Å². The van der Waals surface area contributed by atoms with Crippen LogP contribution in [0.2, 0.25) is 0 Å². The van der Waals surface area contributed by atoms with Crippen LogP contribution in [-0.4, -0.2) is 52.7 Å². The number of esters is 1. The Morgan fingerprint density at radius 3 is 2.21 bits per heavy atom. The summed E-state index contributed by atoms with van der Waals surface area (Å²) in [6.45, 7) is 6.74. The summed E-state index contributed by atoms with van der Waals surface area (Å²) in [6.07, 6.45) is 10.8. The highest BCUT2D eigenvalue weighted by Gasteiger charge is 2.30. The van der Waals surface area contributed by atoms with E-state index in [1.54, 1.807) is 6.08 Å². The first-order chi connectivity index (χ1) is 18.9. The Labute approximate surface area is 235 Å². The Morgan fingerprint density at radius 1 is 0.923 bits per heavy atom. The van der Waals surface area contributed by atoms with Crippen molar-refractivity contribution < 1.29 is 14.3 Å². The molecule has 0 unspecified atom stereocenters. The fourth-order valence-electron chi connectivity index (χ4n) is 5.51. The Hall–Kier alpha value is -3.28. The van der Waals surface area contributed by atoms with E-state index in [0.29, 0.717) is 5.92 Å². The number of hydrogen-bond acceptors (Lipinski definition) is 5. The lowest BCUT2D eigenvalue weighted by Gasteiger charge is -2.37. The van der Waals surface area contributed by atoms with Crippen molar-refractivity contribution in [1.29, 1.82) is 0 Å². The topological polar surface area (TPSA) is 53.1 Å². The van der Waals surface area contributed by atoms with Gasteiger partial charge in [0.2, 0.25) is 5.91 Å². The molecule has 0 spiro atoms. The van der Waals surface area contributed by atoms with Crippen LogP contribution in [0.1, 0.15) is 64.4 Å². The molecule has 1 aliphatic carbocycles. The third-order valence-corrected chi connectivity index (χ3v) is 7.80. The first-order valence-corrected chi connectivity index (χ1v) is 14.6. The van der Waals surface area contributed by atoms with E-state index in [9.17, 15) is 9.59 Å². The van der Waals surface area contributed by atoms with E-state index in [2.05, 4.69) is 48.2 Å². The lowest BCUT2D eigenvalue weighted by Crippen LogP contribution is -2.43.